The Labute approximate surface area is 173 Å². The van der Waals surface area contributed by atoms with Gasteiger partial charge in [0.2, 0.25) is 5.91 Å². The van der Waals surface area contributed by atoms with Gasteiger partial charge in [-0.05, 0) is 31.0 Å². The van der Waals surface area contributed by atoms with Crippen LogP contribution < -0.4 is 20.4 Å². The van der Waals surface area contributed by atoms with Gasteiger partial charge in [0.25, 0.3) is 5.91 Å². The second kappa shape index (κ2) is 10.6. The smallest absolute Gasteiger partial charge is 0.253 e. The molecule has 2 amide bonds. The molecule has 1 aromatic rings. The van der Waals surface area contributed by atoms with Crippen LogP contribution in [-0.4, -0.2) is 64.3 Å². The summed E-state index contributed by atoms with van der Waals surface area (Å²) in [5.74, 6) is -0.212. The number of morpholine rings is 1. The highest BCUT2D eigenvalue weighted by Gasteiger charge is 2.21. The van der Waals surface area contributed by atoms with Gasteiger partial charge in [-0.25, -0.2) is 0 Å². The average Bonchev–Trinajstić information content (AvgIpc) is 3.26. The minimum Gasteiger partial charge on any atom is -0.371 e. The third kappa shape index (κ3) is 6.18. The number of hydrogen-bond acceptors (Lipinski definition) is 4. The first-order valence-corrected chi connectivity index (χ1v) is 10.9. The molecule has 0 bridgehead atoms. The van der Waals surface area contributed by atoms with E-state index in [-0.39, 0.29) is 17.7 Å². The van der Waals surface area contributed by atoms with Crippen LogP contribution in [0.2, 0.25) is 0 Å². The van der Waals surface area contributed by atoms with E-state index in [1.807, 2.05) is 32.0 Å². The van der Waals surface area contributed by atoms with E-state index in [9.17, 15) is 9.59 Å². The molecule has 0 aromatic heterocycles. The standard InChI is InChI=1S/C22H34N4O3/c1-17(2)21(27)24-18-6-7-20(26-10-3-4-11-26)19(16-18)22(28)23-8-5-9-25-12-14-29-15-13-25/h6-7,16-17H,3-5,8-15H2,1-2H3,(H,23,28)(H,24,27)/p+1. The molecule has 3 rings (SSSR count). The fourth-order valence-electron chi connectivity index (χ4n) is 3.86. The monoisotopic (exact) mass is 403 g/mol. The van der Waals surface area contributed by atoms with Crippen molar-refractivity contribution in [2.24, 2.45) is 5.92 Å². The molecule has 160 valence electrons. The van der Waals surface area contributed by atoms with Crippen LogP contribution in [0.15, 0.2) is 18.2 Å². The van der Waals surface area contributed by atoms with Crippen LogP contribution in [0, 0.1) is 5.92 Å². The molecule has 0 unspecified atom stereocenters. The fraction of sp³-hybridized carbons (Fsp3) is 0.636. The van der Waals surface area contributed by atoms with E-state index in [0.717, 1.165) is 70.9 Å². The molecule has 29 heavy (non-hydrogen) atoms. The number of ether oxygens (including phenoxy) is 1. The van der Waals surface area contributed by atoms with Crippen LogP contribution in [0.1, 0.15) is 43.5 Å². The van der Waals surface area contributed by atoms with Crippen molar-refractivity contribution in [3.63, 3.8) is 0 Å². The topological polar surface area (TPSA) is 75.1 Å². The second-order valence-corrected chi connectivity index (χ2v) is 8.29. The first-order chi connectivity index (χ1) is 14.0. The van der Waals surface area contributed by atoms with Crippen molar-refractivity contribution in [1.29, 1.82) is 0 Å². The predicted molar refractivity (Wildman–Crippen MR) is 115 cm³/mol. The second-order valence-electron chi connectivity index (χ2n) is 8.29. The minimum absolute atomic E-state index is 0.0428. The highest BCUT2D eigenvalue weighted by Crippen LogP contribution is 2.27. The van der Waals surface area contributed by atoms with E-state index in [1.54, 1.807) is 4.90 Å². The molecule has 7 heteroatoms. The van der Waals surface area contributed by atoms with Gasteiger partial charge < -0.3 is 25.2 Å². The summed E-state index contributed by atoms with van der Waals surface area (Å²) in [4.78, 5) is 28.8. The van der Waals surface area contributed by atoms with Crippen LogP contribution in [0.3, 0.4) is 0 Å². The molecule has 0 atom stereocenters. The Morgan fingerprint density at radius 1 is 1.17 bits per heavy atom. The molecule has 0 saturated carbocycles. The van der Waals surface area contributed by atoms with Crippen molar-refractivity contribution < 1.29 is 19.2 Å². The Hall–Kier alpha value is -2.12. The summed E-state index contributed by atoms with van der Waals surface area (Å²) in [6.45, 7) is 11.1. The van der Waals surface area contributed by atoms with E-state index in [0.29, 0.717) is 17.8 Å². The minimum atomic E-state index is -0.103. The summed E-state index contributed by atoms with van der Waals surface area (Å²) in [7, 11) is 0. The Morgan fingerprint density at radius 2 is 1.90 bits per heavy atom. The summed E-state index contributed by atoms with van der Waals surface area (Å²) in [6, 6.07) is 5.68. The molecular formula is C22H35N4O3+. The summed E-state index contributed by atoms with van der Waals surface area (Å²) in [6.07, 6.45) is 3.24. The van der Waals surface area contributed by atoms with Crippen LogP contribution >= 0.6 is 0 Å². The lowest BCUT2D eigenvalue weighted by molar-refractivity contribution is -0.908. The first kappa shape index (κ1) is 21.6. The Kier molecular flexibility index (Phi) is 7.89. The maximum absolute atomic E-state index is 13.0. The van der Waals surface area contributed by atoms with Crippen LogP contribution in [0.4, 0.5) is 11.4 Å². The van der Waals surface area contributed by atoms with Gasteiger partial charge in [0, 0.05) is 43.3 Å². The maximum Gasteiger partial charge on any atom is 0.253 e. The molecule has 2 aliphatic heterocycles. The number of nitrogens with one attached hydrogen (secondary N) is 3. The fourth-order valence-corrected chi connectivity index (χ4v) is 3.86. The van der Waals surface area contributed by atoms with E-state index >= 15 is 0 Å². The number of hydrogen-bond donors (Lipinski definition) is 3. The van der Waals surface area contributed by atoms with Gasteiger partial charge in [-0.2, -0.15) is 0 Å². The lowest BCUT2D eigenvalue weighted by Gasteiger charge is -2.24. The lowest BCUT2D eigenvalue weighted by Crippen LogP contribution is -3.14. The third-order valence-corrected chi connectivity index (χ3v) is 5.67. The highest BCUT2D eigenvalue weighted by atomic mass is 16.5. The van der Waals surface area contributed by atoms with Gasteiger partial charge in [0.1, 0.15) is 13.1 Å². The van der Waals surface area contributed by atoms with Crippen LogP contribution in [0.25, 0.3) is 0 Å². The van der Waals surface area contributed by atoms with Crippen LogP contribution in [0.5, 0.6) is 0 Å². The number of anilines is 2. The van der Waals surface area contributed by atoms with E-state index in [4.69, 9.17) is 4.74 Å². The first-order valence-electron chi connectivity index (χ1n) is 10.9. The van der Waals surface area contributed by atoms with Crippen molar-refractivity contribution in [2.75, 3.05) is 62.7 Å². The van der Waals surface area contributed by atoms with Crippen molar-refractivity contribution in [2.45, 2.75) is 33.1 Å². The number of quaternary nitrogens is 1. The number of benzene rings is 1. The number of carbonyl (C=O) groups excluding carboxylic acids is 2. The quantitative estimate of drug-likeness (QED) is 0.564. The van der Waals surface area contributed by atoms with Gasteiger partial charge >= 0.3 is 0 Å². The molecule has 0 radical (unpaired) electrons. The van der Waals surface area contributed by atoms with Crippen molar-refractivity contribution in [1.82, 2.24) is 5.32 Å². The molecule has 0 spiro atoms. The lowest BCUT2D eigenvalue weighted by atomic mass is 10.1. The summed E-state index contributed by atoms with van der Waals surface area (Å²) in [5.41, 5.74) is 2.28. The zero-order chi connectivity index (χ0) is 20.6. The Bertz CT molecular complexity index is 695. The van der Waals surface area contributed by atoms with E-state index in [2.05, 4.69) is 15.5 Å². The van der Waals surface area contributed by atoms with Crippen molar-refractivity contribution in [3.05, 3.63) is 23.8 Å². The third-order valence-electron chi connectivity index (χ3n) is 5.67. The molecule has 2 heterocycles. The number of carbonyl (C=O) groups is 2. The molecule has 3 N–H and O–H groups in total. The summed E-state index contributed by atoms with van der Waals surface area (Å²) < 4.78 is 5.39. The summed E-state index contributed by atoms with van der Waals surface area (Å²) >= 11 is 0. The number of rotatable bonds is 8. The number of amides is 2. The highest BCUT2D eigenvalue weighted by molar-refractivity contribution is 6.02. The van der Waals surface area contributed by atoms with Crippen LogP contribution in [-0.2, 0) is 9.53 Å². The summed E-state index contributed by atoms with van der Waals surface area (Å²) in [5, 5.41) is 5.99. The van der Waals surface area contributed by atoms with Gasteiger partial charge in [-0.15, -0.1) is 0 Å². The van der Waals surface area contributed by atoms with Crippen molar-refractivity contribution >= 4 is 23.2 Å². The molecular weight excluding hydrogens is 368 g/mol. The number of nitrogens with zero attached hydrogens (tertiary/aromatic N) is 1. The van der Waals surface area contributed by atoms with Gasteiger partial charge in [-0.3, -0.25) is 9.59 Å². The zero-order valence-corrected chi connectivity index (χ0v) is 17.8. The van der Waals surface area contributed by atoms with Gasteiger partial charge in [0.05, 0.1) is 25.3 Å². The normalized spacial score (nSPS) is 17.6. The molecule has 7 nitrogen and oxygen atoms in total. The van der Waals surface area contributed by atoms with Crippen molar-refractivity contribution in [3.8, 4) is 0 Å². The zero-order valence-electron chi connectivity index (χ0n) is 17.8. The SMILES string of the molecule is CC(C)C(=O)Nc1ccc(N2CCCC2)c(C(=O)NCCC[NH+]2CCOCC2)c1. The van der Waals surface area contributed by atoms with E-state index in [1.165, 1.54) is 0 Å². The van der Waals surface area contributed by atoms with Gasteiger partial charge in [-0.1, -0.05) is 13.8 Å². The Balaban J connectivity index is 1.63. The molecule has 2 saturated heterocycles. The largest absolute Gasteiger partial charge is 0.371 e. The molecule has 2 fully saturated rings. The maximum atomic E-state index is 13.0. The average molecular weight is 404 g/mol. The predicted octanol–water partition coefficient (Wildman–Crippen LogP) is 0.916. The van der Waals surface area contributed by atoms with Gasteiger partial charge in [0.15, 0.2) is 0 Å². The van der Waals surface area contributed by atoms with E-state index < -0.39 is 0 Å². The molecule has 0 aliphatic carbocycles. The molecule has 1 aromatic carbocycles. The Morgan fingerprint density at radius 3 is 2.59 bits per heavy atom. The molecule has 2 aliphatic rings.